The number of benzene rings is 3. The third-order valence-corrected chi connectivity index (χ3v) is 7.71. The van der Waals surface area contributed by atoms with Gasteiger partial charge in [0, 0.05) is 18.1 Å². The lowest BCUT2D eigenvalue weighted by Gasteiger charge is -2.31. The number of nitrogens with zero attached hydrogens (tertiary/aromatic N) is 2. The number of rotatable bonds is 9. The predicted molar refractivity (Wildman–Crippen MR) is 136 cm³/mol. The van der Waals surface area contributed by atoms with Crippen molar-refractivity contribution >= 4 is 43.5 Å². The van der Waals surface area contributed by atoms with Gasteiger partial charge in [-0.2, -0.15) is 0 Å². The summed E-state index contributed by atoms with van der Waals surface area (Å²) in [5.41, 5.74) is 0.474. The molecule has 0 saturated heterocycles. The summed E-state index contributed by atoms with van der Waals surface area (Å²) in [6.07, 6.45) is 0. The lowest BCUT2D eigenvalue weighted by molar-refractivity contribution is -0.139. The van der Waals surface area contributed by atoms with Crippen molar-refractivity contribution in [3.05, 3.63) is 94.7 Å². The van der Waals surface area contributed by atoms with E-state index in [1.807, 2.05) is 0 Å². The molecule has 0 saturated carbocycles. The summed E-state index contributed by atoms with van der Waals surface area (Å²) in [7, 11) is -2.85. The lowest BCUT2D eigenvalue weighted by atomic mass is 10.1. The highest BCUT2D eigenvalue weighted by molar-refractivity contribution is 9.10. The van der Waals surface area contributed by atoms with Crippen molar-refractivity contribution in [2.24, 2.45) is 0 Å². The Morgan fingerprint density at radius 1 is 0.971 bits per heavy atom. The van der Waals surface area contributed by atoms with Crippen molar-refractivity contribution in [3.63, 3.8) is 0 Å². The minimum atomic E-state index is -4.30. The van der Waals surface area contributed by atoms with E-state index in [1.54, 1.807) is 49.4 Å². The highest BCUT2D eigenvalue weighted by Gasteiger charge is 2.33. The smallest absolute Gasteiger partial charge is 0.264 e. The Morgan fingerprint density at radius 3 is 2.17 bits per heavy atom. The molecule has 0 aromatic heterocycles. The van der Waals surface area contributed by atoms with Crippen LogP contribution in [0.1, 0.15) is 12.5 Å². The summed E-state index contributed by atoms with van der Waals surface area (Å²) in [4.78, 5) is 27.2. The summed E-state index contributed by atoms with van der Waals surface area (Å²) >= 11 is 3.36. The van der Waals surface area contributed by atoms with Crippen molar-refractivity contribution in [3.8, 4) is 0 Å². The van der Waals surface area contributed by atoms with Crippen LogP contribution >= 0.6 is 15.9 Å². The number of nitrogens with one attached hydrogen (secondary N) is 1. The Morgan fingerprint density at radius 2 is 1.57 bits per heavy atom. The first-order valence-corrected chi connectivity index (χ1v) is 13.0. The molecule has 0 spiro atoms. The topological polar surface area (TPSA) is 86.8 Å². The van der Waals surface area contributed by atoms with Gasteiger partial charge in [0.05, 0.1) is 10.6 Å². The van der Waals surface area contributed by atoms with Crippen LogP contribution in [0.5, 0.6) is 0 Å². The molecule has 3 aromatic rings. The van der Waals surface area contributed by atoms with Crippen LogP contribution in [0.2, 0.25) is 0 Å². The molecule has 0 aliphatic carbocycles. The van der Waals surface area contributed by atoms with Gasteiger partial charge < -0.3 is 10.2 Å². The van der Waals surface area contributed by atoms with E-state index in [4.69, 9.17) is 0 Å². The maximum atomic E-state index is 14.8. The number of hydrogen-bond acceptors (Lipinski definition) is 4. The molecule has 0 bridgehead atoms. The highest BCUT2D eigenvalue weighted by Crippen LogP contribution is 2.27. The first-order chi connectivity index (χ1) is 16.6. The first kappa shape index (κ1) is 26.4. The monoisotopic (exact) mass is 561 g/mol. The third kappa shape index (κ3) is 6.26. The fraction of sp³-hybridized carbons (Fsp3) is 0.200. The van der Waals surface area contributed by atoms with Gasteiger partial charge >= 0.3 is 0 Å². The van der Waals surface area contributed by atoms with E-state index in [2.05, 4.69) is 21.2 Å². The molecule has 0 aliphatic rings. The van der Waals surface area contributed by atoms with Gasteiger partial charge in [0.25, 0.3) is 10.0 Å². The van der Waals surface area contributed by atoms with Gasteiger partial charge in [-0.15, -0.1) is 0 Å². The fourth-order valence-corrected chi connectivity index (χ4v) is 5.17. The number of carbonyl (C=O) groups is 2. The van der Waals surface area contributed by atoms with Crippen LogP contribution in [0.25, 0.3) is 0 Å². The van der Waals surface area contributed by atoms with Gasteiger partial charge in [-0.25, -0.2) is 12.8 Å². The number of hydrogen-bond donors (Lipinski definition) is 1. The second kappa shape index (κ2) is 11.5. The van der Waals surface area contributed by atoms with Crippen molar-refractivity contribution < 1.29 is 22.4 Å². The number of halogens is 2. The van der Waals surface area contributed by atoms with E-state index in [0.29, 0.717) is 0 Å². The zero-order valence-corrected chi connectivity index (χ0v) is 21.6. The molecule has 10 heteroatoms. The molecule has 35 heavy (non-hydrogen) atoms. The van der Waals surface area contributed by atoms with E-state index in [-0.39, 0.29) is 17.1 Å². The van der Waals surface area contributed by atoms with Crippen molar-refractivity contribution in [2.75, 3.05) is 17.9 Å². The average Bonchev–Trinajstić information content (AvgIpc) is 2.86. The number of amides is 2. The number of anilines is 1. The van der Waals surface area contributed by atoms with Gasteiger partial charge in [-0.3, -0.25) is 13.9 Å². The molecule has 0 aliphatic heterocycles. The van der Waals surface area contributed by atoms with Crippen LogP contribution in [-0.2, 0) is 26.2 Å². The van der Waals surface area contributed by atoms with Crippen LogP contribution in [-0.4, -0.2) is 44.8 Å². The highest BCUT2D eigenvalue weighted by atomic mass is 79.9. The van der Waals surface area contributed by atoms with Gasteiger partial charge in [-0.05, 0) is 48.9 Å². The van der Waals surface area contributed by atoms with Gasteiger partial charge in [0.1, 0.15) is 18.4 Å². The molecule has 0 heterocycles. The minimum absolute atomic E-state index is 0.0528. The molecule has 0 radical (unpaired) electrons. The molecule has 184 valence electrons. The third-order valence-electron chi connectivity index (χ3n) is 5.41. The van der Waals surface area contributed by atoms with Crippen LogP contribution in [0.4, 0.5) is 10.1 Å². The van der Waals surface area contributed by atoms with E-state index in [1.165, 1.54) is 42.3 Å². The molecule has 0 unspecified atom stereocenters. The number of likely N-dealkylation sites (N-methyl/N-ethyl adjacent to an activating group) is 1. The van der Waals surface area contributed by atoms with Crippen LogP contribution in [0, 0.1) is 5.82 Å². The summed E-state index contributed by atoms with van der Waals surface area (Å²) in [5, 5.41) is 2.51. The molecule has 0 fully saturated rings. The summed E-state index contributed by atoms with van der Waals surface area (Å²) in [5.74, 6) is -1.87. The van der Waals surface area contributed by atoms with Crippen molar-refractivity contribution in [1.82, 2.24) is 10.2 Å². The Balaban J connectivity index is 2.03. The Labute approximate surface area is 212 Å². The van der Waals surface area contributed by atoms with E-state index in [0.717, 1.165) is 20.4 Å². The van der Waals surface area contributed by atoms with Crippen molar-refractivity contribution in [2.45, 2.75) is 24.4 Å². The summed E-state index contributed by atoms with van der Waals surface area (Å²) in [6, 6.07) is 19.1. The lowest BCUT2D eigenvalue weighted by Crippen LogP contribution is -2.50. The minimum Gasteiger partial charge on any atom is -0.357 e. The largest absolute Gasteiger partial charge is 0.357 e. The van der Waals surface area contributed by atoms with Crippen LogP contribution in [0.3, 0.4) is 0 Å². The van der Waals surface area contributed by atoms with E-state index < -0.39 is 40.2 Å². The van der Waals surface area contributed by atoms with Gasteiger partial charge in [0.15, 0.2) is 0 Å². The van der Waals surface area contributed by atoms with Crippen LogP contribution in [0.15, 0.2) is 88.2 Å². The molecule has 2 amide bonds. The average molecular weight is 562 g/mol. The first-order valence-electron chi connectivity index (χ1n) is 10.7. The molecule has 1 N–H and O–H groups in total. The predicted octanol–water partition coefficient (Wildman–Crippen LogP) is 3.95. The molecular weight excluding hydrogens is 537 g/mol. The second-order valence-corrected chi connectivity index (χ2v) is 10.5. The van der Waals surface area contributed by atoms with Crippen molar-refractivity contribution in [1.29, 1.82) is 0 Å². The Hall–Kier alpha value is -3.24. The quantitative estimate of drug-likeness (QED) is 0.428. The Kier molecular flexibility index (Phi) is 8.63. The number of carbonyl (C=O) groups excluding carboxylic acids is 2. The van der Waals surface area contributed by atoms with E-state index in [9.17, 15) is 22.4 Å². The summed E-state index contributed by atoms with van der Waals surface area (Å²) in [6.45, 7) is 0.905. The maximum Gasteiger partial charge on any atom is 0.264 e. The van der Waals surface area contributed by atoms with Gasteiger partial charge in [0.2, 0.25) is 11.8 Å². The number of para-hydroxylation sites is 1. The molecule has 3 aromatic carbocycles. The molecular formula is C25H25BrFN3O4S. The number of sulfonamides is 1. The van der Waals surface area contributed by atoms with E-state index >= 15 is 0 Å². The molecule has 1 atom stereocenters. The normalized spacial score (nSPS) is 12.0. The zero-order chi connectivity index (χ0) is 25.6. The summed E-state index contributed by atoms with van der Waals surface area (Å²) < 4.78 is 43.4. The fourth-order valence-electron chi connectivity index (χ4n) is 3.47. The standard InChI is InChI=1S/C25H25BrFN3O4S/c1-18(25(32)28-2)29(16-19-12-14-20(26)15-13-19)24(31)17-30(23-11-7-6-10-22(23)27)35(33,34)21-8-4-3-5-9-21/h3-15,18H,16-17H2,1-2H3,(H,28,32)/t18-/m0/s1. The van der Waals surface area contributed by atoms with Crippen LogP contribution < -0.4 is 9.62 Å². The SMILES string of the molecule is CNC(=O)[C@H](C)N(Cc1ccc(Br)cc1)C(=O)CN(c1ccccc1F)S(=O)(=O)c1ccccc1. The zero-order valence-electron chi connectivity index (χ0n) is 19.2. The second-order valence-electron chi connectivity index (χ2n) is 7.71. The molecule has 7 nitrogen and oxygen atoms in total. The maximum absolute atomic E-state index is 14.8. The molecule has 3 rings (SSSR count). The van der Waals surface area contributed by atoms with Gasteiger partial charge in [-0.1, -0.05) is 58.4 Å². The Bertz CT molecular complexity index is 1290.